The summed E-state index contributed by atoms with van der Waals surface area (Å²) in [5, 5.41) is 3.11. The largest absolute Gasteiger partial charge is 0.330 e. The molecule has 1 amide bonds. The van der Waals surface area contributed by atoms with Gasteiger partial charge in [-0.25, -0.2) is 0 Å². The fraction of sp³-hybridized carbons (Fsp3) is 0.562. The lowest BCUT2D eigenvalue weighted by molar-refractivity contribution is -0.122. The van der Waals surface area contributed by atoms with Crippen molar-refractivity contribution in [1.29, 1.82) is 0 Å². The van der Waals surface area contributed by atoms with Crippen molar-refractivity contribution in [1.82, 2.24) is 0 Å². The number of aryl methyl sites for hydroxylation is 1. The van der Waals surface area contributed by atoms with Gasteiger partial charge in [0.1, 0.15) is 0 Å². The average molecular weight is 339 g/mol. The van der Waals surface area contributed by atoms with E-state index >= 15 is 0 Å². The molecule has 0 aliphatic heterocycles. The second kappa shape index (κ2) is 7.23. The maximum atomic E-state index is 12.5. The first-order valence-electron chi connectivity index (χ1n) is 7.45. The molecule has 4 heteroatoms. The van der Waals surface area contributed by atoms with Gasteiger partial charge in [0.2, 0.25) is 5.91 Å². The Balaban J connectivity index is 2.10. The summed E-state index contributed by atoms with van der Waals surface area (Å²) in [4.78, 5) is 12.5. The molecule has 1 aliphatic rings. The molecule has 0 spiro atoms. The van der Waals surface area contributed by atoms with Crippen molar-refractivity contribution in [3.05, 3.63) is 28.2 Å². The van der Waals surface area contributed by atoms with Gasteiger partial charge in [0, 0.05) is 16.1 Å². The molecule has 2 atom stereocenters. The summed E-state index contributed by atoms with van der Waals surface area (Å²) in [6.07, 6.45) is 5.28. The molecule has 0 bridgehead atoms. The molecule has 1 saturated carbocycles. The van der Waals surface area contributed by atoms with Crippen LogP contribution in [0.25, 0.3) is 0 Å². The highest BCUT2D eigenvalue weighted by atomic mass is 79.9. The predicted molar refractivity (Wildman–Crippen MR) is 86.7 cm³/mol. The maximum Gasteiger partial charge on any atom is 0.227 e. The van der Waals surface area contributed by atoms with E-state index < -0.39 is 0 Å². The number of hydrogen-bond donors (Lipinski definition) is 2. The van der Waals surface area contributed by atoms with E-state index in [9.17, 15) is 4.79 Å². The summed E-state index contributed by atoms with van der Waals surface area (Å²) in [6.45, 7) is 2.71. The molecular formula is C16H23BrN2O. The van der Waals surface area contributed by atoms with Crippen molar-refractivity contribution in [3.63, 3.8) is 0 Å². The van der Waals surface area contributed by atoms with E-state index in [-0.39, 0.29) is 11.8 Å². The fourth-order valence-corrected chi connectivity index (χ4v) is 3.45. The smallest absolute Gasteiger partial charge is 0.227 e. The SMILES string of the molecule is CCc1cc(Br)ccc1NC(=O)C1CCCCC1CN. The van der Waals surface area contributed by atoms with Crippen LogP contribution in [-0.4, -0.2) is 12.5 Å². The molecule has 2 unspecified atom stereocenters. The minimum absolute atomic E-state index is 0.0714. The van der Waals surface area contributed by atoms with Crippen LogP contribution in [0.1, 0.15) is 38.2 Å². The number of benzene rings is 1. The number of anilines is 1. The van der Waals surface area contributed by atoms with Gasteiger partial charge in [0.05, 0.1) is 0 Å². The lowest BCUT2D eigenvalue weighted by Crippen LogP contribution is -2.35. The summed E-state index contributed by atoms with van der Waals surface area (Å²) in [6, 6.07) is 6.01. The third kappa shape index (κ3) is 3.61. The standard InChI is InChI=1S/C16H23BrN2O/c1-2-11-9-13(17)7-8-15(11)19-16(20)14-6-4-3-5-12(14)10-18/h7-9,12,14H,2-6,10,18H2,1H3,(H,19,20). The van der Waals surface area contributed by atoms with Crippen LogP contribution in [0.5, 0.6) is 0 Å². The van der Waals surface area contributed by atoms with Gasteiger partial charge in [-0.2, -0.15) is 0 Å². The molecule has 0 saturated heterocycles. The van der Waals surface area contributed by atoms with Crippen LogP contribution in [-0.2, 0) is 11.2 Å². The first-order valence-corrected chi connectivity index (χ1v) is 8.24. The number of amides is 1. The van der Waals surface area contributed by atoms with E-state index in [1.54, 1.807) is 0 Å². The van der Waals surface area contributed by atoms with Crippen LogP contribution in [0, 0.1) is 11.8 Å². The summed E-state index contributed by atoms with van der Waals surface area (Å²) < 4.78 is 1.05. The zero-order chi connectivity index (χ0) is 14.5. The van der Waals surface area contributed by atoms with E-state index in [1.165, 1.54) is 6.42 Å². The van der Waals surface area contributed by atoms with E-state index in [4.69, 9.17) is 5.73 Å². The minimum atomic E-state index is 0.0714. The number of halogens is 1. The van der Waals surface area contributed by atoms with Crippen molar-refractivity contribution >= 4 is 27.5 Å². The van der Waals surface area contributed by atoms with Crippen LogP contribution < -0.4 is 11.1 Å². The van der Waals surface area contributed by atoms with Gasteiger partial charge in [-0.15, -0.1) is 0 Å². The molecule has 1 aromatic carbocycles. The predicted octanol–water partition coefficient (Wildman–Crippen LogP) is 3.72. The van der Waals surface area contributed by atoms with Gasteiger partial charge >= 0.3 is 0 Å². The highest BCUT2D eigenvalue weighted by Crippen LogP contribution is 2.31. The van der Waals surface area contributed by atoms with Gasteiger partial charge in [-0.05, 0) is 55.5 Å². The summed E-state index contributed by atoms with van der Waals surface area (Å²) in [5.41, 5.74) is 7.91. The Morgan fingerprint density at radius 2 is 2.15 bits per heavy atom. The molecule has 0 aromatic heterocycles. The number of rotatable bonds is 4. The Morgan fingerprint density at radius 3 is 2.85 bits per heavy atom. The quantitative estimate of drug-likeness (QED) is 0.878. The number of hydrogen-bond acceptors (Lipinski definition) is 2. The van der Waals surface area contributed by atoms with Gasteiger partial charge in [0.15, 0.2) is 0 Å². The molecule has 3 N–H and O–H groups in total. The molecule has 1 fully saturated rings. The van der Waals surface area contributed by atoms with E-state index in [2.05, 4.69) is 34.2 Å². The lowest BCUT2D eigenvalue weighted by atomic mass is 9.78. The van der Waals surface area contributed by atoms with E-state index in [0.717, 1.165) is 41.4 Å². The Labute approximate surface area is 129 Å². The summed E-state index contributed by atoms with van der Waals surface area (Å²) >= 11 is 3.47. The monoisotopic (exact) mass is 338 g/mol. The van der Waals surface area contributed by atoms with Gasteiger partial charge in [-0.1, -0.05) is 35.7 Å². The van der Waals surface area contributed by atoms with Crippen molar-refractivity contribution in [2.75, 3.05) is 11.9 Å². The highest BCUT2D eigenvalue weighted by molar-refractivity contribution is 9.10. The van der Waals surface area contributed by atoms with Gasteiger partial charge in [-0.3, -0.25) is 4.79 Å². The Hall–Kier alpha value is -0.870. The lowest BCUT2D eigenvalue weighted by Gasteiger charge is -2.29. The van der Waals surface area contributed by atoms with Crippen molar-refractivity contribution in [2.24, 2.45) is 17.6 Å². The molecular weight excluding hydrogens is 316 g/mol. The second-order valence-corrected chi connectivity index (χ2v) is 6.45. The topological polar surface area (TPSA) is 55.1 Å². The zero-order valence-corrected chi connectivity index (χ0v) is 13.6. The first kappa shape index (κ1) is 15.5. The molecule has 110 valence electrons. The van der Waals surface area contributed by atoms with E-state index in [0.29, 0.717) is 12.5 Å². The third-order valence-corrected chi connectivity index (χ3v) is 4.75. The molecule has 0 radical (unpaired) electrons. The van der Waals surface area contributed by atoms with Crippen LogP contribution in [0.3, 0.4) is 0 Å². The maximum absolute atomic E-state index is 12.5. The molecule has 1 aromatic rings. The van der Waals surface area contributed by atoms with Crippen molar-refractivity contribution in [2.45, 2.75) is 39.0 Å². The molecule has 20 heavy (non-hydrogen) atoms. The number of nitrogens with one attached hydrogen (secondary N) is 1. The Bertz CT molecular complexity index is 476. The molecule has 1 aliphatic carbocycles. The highest BCUT2D eigenvalue weighted by Gasteiger charge is 2.30. The zero-order valence-electron chi connectivity index (χ0n) is 12.0. The Kier molecular flexibility index (Phi) is 5.61. The van der Waals surface area contributed by atoms with Crippen LogP contribution in [0.4, 0.5) is 5.69 Å². The Morgan fingerprint density at radius 1 is 1.40 bits per heavy atom. The van der Waals surface area contributed by atoms with Crippen LogP contribution >= 0.6 is 15.9 Å². The number of carbonyl (C=O) groups is 1. The third-order valence-electron chi connectivity index (χ3n) is 4.25. The fourth-order valence-electron chi connectivity index (χ4n) is 3.04. The van der Waals surface area contributed by atoms with Gasteiger partial charge < -0.3 is 11.1 Å². The molecule has 0 heterocycles. The van der Waals surface area contributed by atoms with Crippen LogP contribution in [0.15, 0.2) is 22.7 Å². The average Bonchev–Trinajstić information content (AvgIpc) is 2.48. The number of carbonyl (C=O) groups excluding carboxylic acids is 1. The minimum Gasteiger partial charge on any atom is -0.330 e. The normalized spacial score (nSPS) is 22.6. The van der Waals surface area contributed by atoms with E-state index in [1.807, 2.05) is 12.1 Å². The number of nitrogens with two attached hydrogens (primary N) is 1. The first-order chi connectivity index (χ1) is 9.65. The van der Waals surface area contributed by atoms with Gasteiger partial charge in [0.25, 0.3) is 0 Å². The van der Waals surface area contributed by atoms with Crippen molar-refractivity contribution < 1.29 is 4.79 Å². The molecule has 2 rings (SSSR count). The van der Waals surface area contributed by atoms with Crippen LogP contribution in [0.2, 0.25) is 0 Å². The van der Waals surface area contributed by atoms with Crippen molar-refractivity contribution in [3.8, 4) is 0 Å². The second-order valence-electron chi connectivity index (χ2n) is 5.53. The summed E-state index contributed by atoms with van der Waals surface area (Å²) in [5.74, 6) is 0.545. The molecule has 3 nitrogen and oxygen atoms in total. The summed E-state index contributed by atoms with van der Waals surface area (Å²) in [7, 11) is 0.